The predicted octanol–water partition coefficient (Wildman–Crippen LogP) is 1.09. The van der Waals surface area contributed by atoms with Crippen LogP contribution >= 0.6 is 0 Å². The van der Waals surface area contributed by atoms with Crippen LogP contribution in [0.25, 0.3) is 0 Å². The number of hydrogen-bond acceptors (Lipinski definition) is 2. The Morgan fingerprint density at radius 3 is 2.50 bits per heavy atom. The second-order valence-corrected chi connectivity index (χ2v) is 5.20. The molecule has 16 heavy (non-hydrogen) atoms. The molecule has 2 amide bonds. The van der Waals surface area contributed by atoms with E-state index in [1.807, 2.05) is 6.92 Å². The van der Waals surface area contributed by atoms with Gasteiger partial charge in [0.1, 0.15) is 0 Å². The number of carbonyl (C=O) groups is 2. The first-order valence-electron chi connectivity index (χ1n) is 5.80. The lowest BCUT2D eigenvalue weighted by Crippen LogP contribution is -2.45. The number of rotatable bonds is 3. The minimum absolute atomic E-state index is 0.0171. The maximum atomic E-state index is 11.6. The number of carboxylic acids is 1. The van der Waals surface area contributed by atoms with Crippen LogP contribution in [0.1, 0.15) is 39.0 Å². The summed E-state index contributed by atoms with van der Waals surface area (Å²) in [6, 6.07) is -0.139. The molecule has 0 saturated heterocycles. The largest absolute Gasteiger partial charge is 0.481 e. The third-order valence-corrected chi connectivity index (χ3v) is 3.53. The molecule has 0 heterocycles. The average Bonchev–Trinajstić information content (AvgIpc) is 2.74. The second-order valence-electron chi connectivity index (χ2n) is 5.20. The summed E-state index contributed by atoms with van der Waals surface area (Å²) in [6.07, 6.45) is 4.05. The first kappa shape index (κ1) is 11.2. The van der Waals surface area contributed by atoms with Crippen LogP contribution in [-0.4, -0.2) is 28.7 Å². The summed E-state index contributed by atoms with van der Waals surface area (Å²) in [7, 11) is 0. The molecule has 90 valence electrons. The highest BCUT2D eigenvalue weighted by molar-refractivity contribution is 5.76. The van der Waals surface area contributed by atoms with Gasteiger partial charge in [0.25, 0.3) is 0 Å². The SMILES string of the molecule is CC1(NC(=O)NC2CCC(C(=O)O)C2)CC1. The van der Waals surface area contributed by atoms with Crippen molar-refractivity contribution in [2.45, 2.75) is 50.6 Å². The minimum atomic E-state index is -0.751. The zero-order valence-corrected chi connectivity index (χ0v) is 9.45. The maximum absolute atomic E-state index is 11.6. The number of carbonyl (C=O) groups excluding carboxylic acids is 1. The van der Waals surface area contributed by atoms with Gasteiger partial charge in [-0.2, -0.15) is 0 Å². The molecular formula is C11H18N2O3. The Morgan fingerprint density at radius 1 is 1.31 bits per heavy atom. The lowest BCUT2D eigenvalue weighted by atomic mass is 10.1. The van der Waals surface area contributed by atoms with Crippen LogP contribution in [0.4, 0.5) is 4.79 Å². The van der Waals surface area contributed by atoms with E-state index >= 15 is 0 Å². The van der Waals surface area contributed by atoms with Crippen LogP contribution in [0.2, 0.25) is 0 Å². The third kappa shape index (κ3) is 2.65. The Hall–Kier alpha value is -1.26. The zero-order chi connectivity index (χ0) is 11.8. The van der Waals surface area contributed by atoms with Gasteiger partial charge in [0.15, 0.2) is 0 Å². The van der Waals surface area contributed by atoms with Crippen LogP contribution in [0, 0.1) is 5.92 Å². The smallest absolute Gasteiger partial charge is 0.315 e. The summed E-state index contributed by atoms with van der Waals surface area (Å²) in [4.78, 5) is 22.3. The molecule has 3 N–H and O–H groups in total. The number of aliphatic carboxylic acids is 1. The highest BCUT2D eigenvalue weighted by Crippen LogP contribution is 2.34. The Labute approximate surface area is 94.6 Å². The van der Waals surface area contributed by atoms with Crippen LogP contribution < -0.4 is 10.6 Å². The maximum Gasteiger partial charge on any atom is 0.315 e. The summed E-state index contributed by atoms with van der Waals surface area (Å²) < 4.78 is 0. The summed E-state index contributed by atoms with van der Waals surface area (Å²) in [5.41, 5.74) is -0.0190. The number of amides is 2. The van der Waals surface area contributed by atoms with Crippen molar-refractivity contribution in [2.24, 2.45) is 5.92 Å². The molecule has 2 saturated carbocycles. The first-order valence-corrected chi connectivity index (χ1v) is 5.80. The Balaban J connectivity index is 1.74. The fourth-order valence-corrected chi connectivity index (χ4v) is 2.14. The van der Waals surface area contributed by atoms with Gasteiger partial charge in [-0.15, -0.1) is 0 Å². The van der Waals surface area contributed by atoms with E-state index in [0.29, 0.717) is 12.8 Å². The van der Waals surface area contributed by atoms with E-state index in [1.165, 1.54) is 0 Å². The summed E-state index contributed by atoms with van der Waals surface area (Å²) in [6.45, 7) is 2.02. The van der Waals surface area contributed by atoms with Gasteiger partial charge in [-0.3, -0.25) is 4.79 Å². The topological polar surface area (TPSA) is 78.4 Å². The monoisotopic (exact) mass is 226 g/mol. The van der Waals surface area contributed by atoms with Crippen molar-refractivity contribution in [1.82, 2.24) is 10.6 Å². The zero-order valence-electron chi connectivity index (χ0n) is 9.45. The number of hydrogen-bond donors (Lipinski definition) is 3. The first-order chi connectivity index (χ1) is 7.48. The van der Waals surface area contributed by atoms with Gasteiger partial charge >= 0.3 is 12.0 Å². The molecule has 2 aliphatic rings. The van der Waals surface area contributed by atoms with Gasteiger partial charge < -0.3 is 15.7 Å². The van der Waals surface area contributed by atoms with E-state index in [1.54, 1.807) is 0 Å². The summed E-state index contributed by atoms with van der Waals surface area (Å²) in [5.74, 6) is -1.04. The predicted molar refractivity (Wildman–Crippen MR) is 58.1 cm³/mol. The molecule has 2 aliphatic carbocycles. The van der Waals surface area contributed by atoms with E-state index < -0.39 is 5.97 Å². The van der Waals surface area contributed by atoms with Crippen LogP contribution in [0.3, 0.4) is 0 Å². The van der Waals surface area contributed by atoms with Crippen molar-refractivity contribution in [3.8, 4) is 0 Å². The highest BCUT2D eigenvalue weighted by Gasteiger charge is 2.39. The second kappa shape index (κ2) is 3.96. The normalized spacial score (nSPS) is 30.8. The molecule has 0 aromatic carbocycles. The molecule has 0 aromatic rings. The van der Waals surface area contributed by atoms with Crippen molar-refractivity contribution >= 4 is 12.0 Å². The molecule has 2 atom stereocenters. The third-order valence-electron chi connectivity index (χ3n) is 3.53. The molecule has 5 heteroatoms. The van der Waals surface area contributed by atoms with Crippen molar-refractivity contribution in [1.29, 1.82) is 0 Å². The molecule has 2 unspecified atom stereocenters. The fourth-order valence-electron chi connectivity index (χ4n) is 2.14. The Bertz CT molecular complexity index is 312. The molecule has 0 aliphatic heterocycles. The molecule has 5 nitrogen and oxygen atoms in total. The van der Waals surface area contributed by atoms with Crippen LogP contribution in [-0.2, 0) is 4.79 Å². The van der Waals surface area contributed by atoms with Crippen molar-refractivity contribution in [3.63, 3.8) is 0 Å². The Kier molecular flexibility index (Phi) is 2.78. The molecule has 0 spiro atoms. The van der Waals surface area contributed by atoms with Gasteiger partial charge in [-0.25, -0.2) is 4.79 Å². The van der Waals surface area contributed by atoms with Gasteiger partial charge in [-0.05, 0) is 39.0 Å². The van der Waals surface area contributed by atoms with E-state index in [4.69, 9.17) is 5.11 Å². The van der Waals surface area contributed by atoms with Crippen molar-refractivity contribution in [2.75, 3.05) is 0 Å². The van der Waals surface area contributed by atoms with Crippen molar-refractivity contribution < 1.29 is 14.7 Å². The van der Waals surface area contributed by atoms with E-state index in [9.17, 15) is 9.59 Å². The summed E-state index contributed by atoms with van der Waals surface area (Å²) >= 11 is 0. The van der Waals surface area contributed by atoms with E-state index in [0.717, 1.165) is 19.3 Å². The lowest BCUT2D eigenvalue weighted by Gasteiger charge is -2.16. The number of carboxylic acid groups (broad SMARTS) is 1. The average molecular weight is 226 g/mol. The molecule has 0 aromatic heterocycles. The van der Waals surface area contributed by atoms with Crippen LogP contribution in [0.5, 0.6) is 0 Å². The minimum Gasteiger partial charge on any atom is -0.481 e. The quantitative estimate of drug-likeness (QED) is 0.674. The lowest BCUT2D eigenvalue weighted by molar-refractivity contribution is -0.141. The van der Waals surface area contributed by atoms with Gasteiger partial charge in [-0.1, -0.05) is 0 Å². The van der Waals surface area contributed by atoms with Gasteiger partial charge in [0.2, 0.25) is 0 Å². The Morgan fingerprint density at radius 2 is 2.00 bits per heavy atom. The fraction of sp³-hybridized carbons (Fsp3) is 0.818. The molecule has 0 bridgehead atoms. The molecular weight excluding hydrogens is 208 g/mol. The van der Waals surface area contributed by atoms with E-state index in [2.05, 4.69) is 10.6 Å². The van der Waals surface area contributed by atoms with E-state index in [-0.39, 0.29) is 23.5 Å². The highest BCUT2D eigenvalue weighted by atomic mass is 16.4. The summed E-state index contributed by atoms with van der Waals surface area (Å²) in [5, 5.41) is 14.6. The van der Waals surface area contributed by atoms with Gasteiger partial charge in [0, 0.05) is 11.6 Å². The van der Waals surface area contributed by atoms with Gasteiger partial charge in [0.05, 0.1) is 5.92 Å². The van der Waals surface area contributed by atoms with Crippen molar-refractivity contribution in [3.05, 3.63) is 0 Å². The standard InChI is InChI=1S/C11H18N2O3/c1-11(4-5-11)13-10(16)12-8-3-2-7(6-8)9(14)15/h7-8H,2-6H2,1H3,(H,14,15)(H2,12,13,16). The molecule has 2 fully saturated rings. The molecule has 2 rings (SSSR count). The molecule has 0 radical (unpaired) electrons. The number of nitrogens with one attached hydrogen (secondary N) is 2. The number of urea groups is 1. The van der Waals surface area contributed by atoms with Crippen LogP contribution in [0.15, 0.2) is 0 Å².